The Morgan fingerprint density at radius 1 is 1.07 bits per heavy atom. The first-order chi connectivity index (χ1) is 13.7. The molecule has 1 N–H and O–H groups in total. The van der Waals surface area contributed by atoms with E-state index in [1.807, 2.05) is 41.3 Å². The minimum Gasteiger partial charge on any atom is -0.497 e. The fraction of sp³-hybridized carbons (Fsp3) is 0.435. The summed E-state index contributed by atoms with van der Waals surface area (Å²) in [7, 11) is 1.67. The van der Waals surface area contributed by atoms with E-state index in [-0.39, 0.29) is 6.03 Å². The van der Waals surface area contributed by atoms with Crippen molar-refractivity contribution in [2.45, 2.75) is 44.7 Å². The molecule has 2 aromatic carbocycles. The number of ether oxygens (including phenoxy) is 1. The van der Waals surface area contributed by atoms with Gasteiger partial charge in [-0.2, -0.15) is 0 Å². The Balaban J connectivity index is 1.48. The van der Waals surface area contributed by atoms with E-state index >= 15 is 0 Å². The second kappa shape index (κ2) is 8.55. The van der Waals surface area contributed by atoms with Gasteiger partial charge >= 0.3 is 6.03 Å². The molecule has 0 spiro atoms. The number of anilines is 2. The molecule has 0 bridgehead atoms. The number of carbonyl (C=O) groups excluding carboxylic acids is 1. The summed E-state index contributed by atoms with van der Waals surface area (Å²) >= 11 is 0. The van der Waals surface area contributed by atoms with Gasteiger partial charge in [-0.3, -0.25) is 0 Å². The van der Waals surface area contributed by atoms with Crippen LogP contribution in [0.5, 0.6) is 5.75 Å². The molecule has 1 heterocycles. The van der Waals surface area contributed by atoms with Crippen LogP contribution in [0.1, 0.15) is 37.7 Å². The molecule has 1 aliphatic heterocycles. The molecule has 0 atom stereocenters. The van der Waals surface area contributed by atoms with Crippen molar-refractivity contribution in [1.29, 1.82) is 0 Å². The molecule has 5 heteroatoms. The molecule has 5 nitrogen and oxygen atoms in total. The van der Waals surface area contributed by atoms with Gasteiger partial charge in [-0.25, -0.2) is 4.79 Å². The number of hydrogen-bond acceptors (Lipinski definition) is 3. The molecule has 1 aliphatic carbocycles. The molecular formula is C23H29N3O2. The van der Waals surface area contributed by atoms with Gasteiger partial charge in [-0.1, -0.05) is 24.3 Å². The summed E-state index contributed by atoms with van der Waals surface area (Å²) in [6, 6.07) is 16.5. The second-order valence-corrected chi connectivity index (χ2v) is 7.70. The van der Waals surface area contributed by atoms with Gasteiger partial charge in [0.25, 0.3) is 0 Å². The number of methoxy groups -OCH3 is 1. The fourth-order valence-electron chi connectivity index (χ4n) is 3.86. The maximum absolute atomic E-state index is 13.1. The Morgan fingerprint density at radius 3 is 2.46 bits per heavy atom. The van der Waals surface area contributed by atoms with Gasteiger partial charge in [0.2, 0.25) is 0 Å². The molecule has 2 aliphatic rings. The number of hydrogen-bond donors (Lipinski definition) is 1. The summed E-state index contributed by atoms with van der Waals surface area (Å²) in [5.74, 6) is 0.835. The monoisotopic (exact) mass is 379 g/mol. The third kappa shape index (κ3) is 4.41. The van der Waals surface area contributed by atoms with Crippen molar-refractivity contribution in [3.63, 3.8) is 0 Å². The lowest BCUT2D eigenvalue weighted by molar-refractivity contribution is 0.206. The predicted molar refractivity (Wildman–Crippen MR) is 113 cm³/mol. The zero-order chi connectivity index (χ0) is 19.3. The van der Waals surface area contributed by atoms with Crippen LogP contribution in [0, 0.1) is 0 Å². The Hall–Kier alpha value is -2.69. The molecule has 2 fully saturated rings. The minimum absolute atomic E-state index is 0.0113. The number of nitrogens with zero attached hydrogens (tertiary/aromatic N) is 2. The van der Waals surface area contributed by atoms with Gasteiger partial charge in [0.05, 0.1) is 18.5 Å². The molecule has 0 unspecified atom stereocenters. The lowest BCUT2D eigenvalue weighted by Crippen LogP contribution is -2.37. The van der Waals surface area contributed by atoms with E-state index < -0.39 is 0 Å². The van der Waals surface area contributed by atoms with E-state index in [9.17, 15) is 4.79 Å². The standard InChI is InChI=1S/C23H29N3O2/c1-28-20-13-9-18(10-14-20)17-26(19-11-12-19)23(27)24-21-7-3-4-8-22(21)25-15-5-2-6-16-25/h3-4,7-10,13-14,19H,2,5-6,11-12,15-17H2,1H3,(H,24,27). The second-order valence-electron chi connectivity index (χ2n) is 7.70. The molecule has 148 valence electrons. The van der Waals surface area contributed by atoms with Gasteiger partial charge in [0, 0.05) is 25.7 Å². The molecular weight excluding hydrogens is 350 g/mol. The van der Waals surface area contributed by atoms with E-state index in [2.05, 4.69) is 22.3 Å². The summed E-state index contributed by atoms with van der Waals surface area (Å²) in [5.41, 5.74) is 3.16. The highest BCUT2D eigenvalue weighted by molar-refractivity contribution is 5.93. The smallest absolute Gasteiger partial charge is 0.322 e. The normalized spacial score (nSPS) is 16.5. The predicted octanol–water partition coefficient (Wildman–Crippen LogP) is 4.88. The largest absolute Gasteiger partial charge is 0.497 e. The SMILES string of the molecule is COc1ccc(CN(C(=O)Nc2ccccc2N2CCCCC2)C2CC2)cc1. The highest BCUT2D eigenvalue weighted by atomic mass is 16.5. The Kier molecular flexibility index (Phi) is 5.70. The Morgan fingerprint density at radius 2 is 1.79 bits per heavy atom. The molecule has 0 aromatic heterocycles. The van der Waals surface area contributed by atoms with Crippen LogP contribution < -0.4 is 15.0 Å². The number of piperidine rings is 1. The zero-order valence-electron chi connectivity index (χ0n) is 16.6. The molecule has 4 rings (SSSR count). The number of carbonyl (C=O) groups is 1. The van der Waals surface area contributed by atoms with Crippen LogP contribution in [0.3, 0.4) is 0 Å². The number of urea groups is 1. The summed E-state index contributed by atoms with van der Waals surface area (Å²) in [5, 5.41) is 3.19. The van der Waals surface area contributed by atoms with Gasteiger partial charge in [-0.15, -0.1) is 0 Å². The van der Waals surface area contributed by atoms with Crippen molar-refractivity contribution < 1.29 is 9.53 Å². The van der Waals surface area contributed by atoms with Gasteiger partial charge in [-0.05, 0) is 61.9 Å². The number of rotatable bonds is 6. The summed E-state index contributed by atoms with van der Waals surface area (Å²) in [6.07, 6.45) is 5.89. The average Bonchev–Trinajstić information content (AvgIpc) is 3.58. The van der Waals surface area contributed by atoms with Crippen LogP contribution in [0.4, 0.5) is 16.2 Å². The first-order valence-electron chi connectivity index (χ1n) is 10.3. The summed E-state index contributed by atoms with van der Waals surface area (Å²) in [6.45, 7) is 2.74. The number of nitrogens with one attached hydrogen (secondary N) is 1. The molecule has 1 saturated carbocycles. The van der Waals surface area contributed by atoms with Crippen molar-refractivity contribution in [2.24, 2.45) is 0 Å². The maximum atomic E-state index is 13.1. The third-order valence-corrected chi connectivity index (χ3v) is 5.60. The zero-order valence-corrected chi connectivity index (χ0v) is 16.6. The van der Waals surface area contributed by atoms with E-state index in [0.29, 0.717) is 12.6 Å². The van der Waals surface area contributed by atoms with Crippen LogP contribution in [0.25, 0.3) is 0 Å². The summed E-state index contributed by atoms with van der Waals surface area (Å²) in [4.78, 5) is 17.5. The quantitative estimate of drug-likeness (QED) is 0.778. The van der Waals surface area contributed by atoms with Gasteiger partial charge in [0.1, 0.15) is 5.75 Å². The molecule has 2 amide bonds. The Bertz CT molecular complexity index is 796. The van der Waals surface area contributed by atoms with Gasteiger partial charge in [0.15, 0.2) is 0 Å². The first-order valence-corrected chi connectivity index (χ1v) is 10.3. The van der Waals surface area contributed by atoms with Crippen LogP contribution in [-0.4, -0.2) is 37.2 Å². The van der Waals surface area contributed by atoms with Crippen molar-refractivity contribution in [1.82, 2.24) is 4.90 Å². The van der Waals surface area contributed by atoms with Crippen molar-refractivity contribution in [2.75, 3.05) is 30.4 Å². The van der Waals surface area contributed by atoms with Crippen LogP contribution in [-0.2, 0) is 6.54 Å². The first kappa shape index (κ1) is 18.7. The van der Waals surface area contributed by atoms with E-state index in [0.717, 1.165) is 48.6 Å². The van der Waals surface area contributed by atoms with E-state index in [4.69, 9.17) is 4.74 Å². The maximum Gasteiger partial charge on any atom is 0.322 e. The molecule has 2 aromatic rings. The minimum atomic E-state index is -0.0113. The van der Waals surface area contributed by atoms with Crippen LogP contribution in [0.15, 0.2) is 48.5 Å². The average molecular weight is 380 g/mol. The lowest BCUT2D eigenvalue weighted by Gasteiger charge is -2.31. The van der Waals surface area contributed by atoms with Gasteiger partial charge < -0.3 is 19.9 Å². The van der Waals surface area contributed by atoms with E-state index in [1.165, 1.54) is 19.3 Å². The topological polar surface area (TPSA) is 44.8 Å². The number of amides is 2. The number of benzene rings is 2. The number of para-hydroxylation sites is 2. The molecule has 28 heavy (non-hydrogen) atoms. The van der Waals surface area contributed by atoms with Crippen LogP contribution in [0.2, 0.25) is 0 Å². The van der Waals surface area contributed by atoms with Crippen molar-refractivity contribution >= 4 is 17.4 Å². The highest BCUT2D eigenvalue weighted by Gasteiger charge is 2.33. The third-order valence-electron chi connectivity index (χ3n) is 5.60. The molecule has 0 radical (unpaired) electrons. The molecule has 1 saturated heterocycles. The summed E-state index contributed by atoms with van der Waals surface area (Å²) < 4.78 is 5.23. The van der Waals surface area contributed by atoms with Crippen molar-refractivity contribution in [3.8, 4) is 5.75 Å². The van der Waals surface area contributed by atoms with E-state index in [1.54, 1.807) is 7.11 Å². The lowest BCUT2D eigenvalue weighted by atomic mass is 10.1. The fourth-order valence-corrected chi connectivity index (χ4v) is 3.86. The van der Waals surface area contributed by atoms with Crippen LogP contribution >= 0.6 is 0 Å². The Labute approximate surface area is 167 Å². The van der Waals surface area contributed by atoms with Crippen molar-refractivity contribution in [3.05, 3.63) is 54.1 Å². The highest BCUT2D eigenvalue weighted by Crippen LogP contribution is 2.32.